The summed E-state index contributed by atoms with van der Waals surface area (Å²) in [4.78, 5) is 10.9. The number of aromatic nitrogens is 2. The third-order valence-corrected chi connectivity index (χ3v) is 15.9. The summed E-state index contributed by atoms with van der Waals surface area (Å²) in [6.07, 6.45) is 8.57. The van der Waals surface area contributed by atoms with E-state index in [1.54, 1.807) is 0 Å². The van der Waals surface area contributed by atoms with Crippen LogP contribution in [0.1, 0.15) is 33.6 Å². The maximum absolute atomic E-state index is 6.23. The first-order valence-electron chi connectivity index (χ1n) is 17.5. The van der Waals surface area contributed by atoms with Crippen LogP contribution in [0.2, 0.25) is 0 Å². The molecule has 0 spiro atoms. The molecule has 0 saturated carbocycles. The minimum absolute atomic E-state index is 0.714. The molecule has 0 saturated heterocycles. The normalized spacial score (nSPS) is 16.1. The van der Waals surface area contributed by atoms with E-state index in [2.05, 4.69) is 103 Å². The number of anilines is 4. The Morgan fingerprint density at radius 1 is 0.358 bits per heavy atom. The zero-order chi connectivity index (χ0) is 35.8. The van der Waals surface area contributed by atoms with Crippen LogP contribution in [0.3, 0.4) is 0 Å². The zero-order valence-corrected chi connectivity index (χ0v) is 32.7. The molecule has 0 fully saturated rings. The molecule has 4 aliphatic rings. The molecule has 8 nitrogen and oxygen atoms in total. The molecule has 8 N–H and O–H groups in total. The molecule has 6 heterocycles. The Balaban J connectivity index is 1.41. The second-order valence-corrected chi connectivity index (χ2v) is 18.0. The average molecular weight is 794 g/mol. The Labute approximate surface area is 316 Å². The molecule has 0 radical (unpaired) electrons. The van der Waals surface area contributed by atoms with E-state index in [0.29, 0.717) is 22.7 Å². The van der Waals surface area contributed by atoms with Crippen LogP contribution in [0.5, 0.6) is 0 Å². The van der Waals surface area contributed by atoms with Gasteiger partial charge in [0.2, 0.25) is 0 Å². The summed E-state index contributed by atoms with van der Waals surface area (Å²) in [6.45, 7) is 0. The first kappa shape index (κ1) is 31.2. The van der Waals surface area contributed by atoms with Crippen molar-refractivity contribution < 1.29 is 0 Å². The van der Waals surface area contributed by atoms with E-state index in [9.17, 15) is 0 Å². The first-order valence-corrected chi connectivity index (χ1v) is 21.1. The molecule has 4 aliphatic heterocycles. The molecule has 254 valence electrons. The van der Waals surface area contributed by atoms with E-state index in [0.717, 1.165) is 89.4 Å². The molecule has 4 aromatic carbocycles. The van der Waals surface area contributed by atoms with E-state index < -0.39 is 21.7 Å². The van der Waals surface area contributed by atoms with Crippen molar-refractivity contribution in [2.45, 2.75) is 0 Å². The number of benzene rings is 4. The third-order valence-electron chi connectivity index (χ3n) is 10.4. The first-order chi connectivity index (χ1) is 25.9. The molecule has 53 heavy (non-hydrogen) atoms. The van der Waals surface area contributed by atoms with Crippen LogP contribution in [0.15, 0.2) is 167 Å². The second-order valence-electron chi connectivity index (χ2n) is 13.6. The molecule has 0 unspecified atom stereocenters. The zero-order valence-electron chi connectivity index (χ0n) is 28.7. The van der Waals surface area contributed by atoms with E-state index >= 15 is 0 Å². The third kappa shape index (κ3) is 5.13. The number of aliphatic imine (C=N–C) groups is 2. The van der Waals surface area contributed by atoms with E-state index in [1.165, 1.54) is 0 Å². The Kier molecular flexibility index (Phi) is 7.09. The second kappa shape index (κ2) is 12.0. The Morgan fingerprint density at radius 3 is 1.06 bits per heavy atom. The molecule has 10 rings (SSSR count). The number of nitrogens with two attached hydrogens (primary N) is 4. The van der Waals surface area contributed by atoms with Gasteiger partial charge in [0.05, 0.1) is 0 Å². The van der Waals surface area contributed by atoms with E-state index in [-0.39, 0.29) is 0 Å². The quantitative estimate of drug-likeness (QED) is 0.148. The summed E-state index contributed by atoms with van der Waals surface area (Å²) in [5, 5.41) is 2.22. The Bertz CT molecular complexity index is 2650. The summed E-state index contributed by atoms with van der Waals surface area (Å²) in [5.74, 6) is 0. The van der Waals surface area contributed by atoms with Gasteiger partial charge in [0.15, 0.2) is 0 Å². The Morgan fingerprint density at radius 2 is 0.698 bits per heavy atom. The SMILES string of the molecule is Nc1ccc(C2=C3C=CC(=N3)C(c3ccc(N)cc3)=c3ccc4[n]3[SnH2][n]3c2ccc3C(c2ccc(N)cc2)=C2C=CC(=N2)C=4c2ccc(N)cc2)cc1. The summed E-state index contributed by atoms with van der Waals surface area (Å²) >= 11 is -2.39. The fourth-order valence-electron chi connectivity index (χ4n) is 7.84. The van der Waals surface area contributed by atoms with Gasteiger partial charge < -0.3 is 0 Å². The Hall–Kier alpha value is -6.52. The van der Waals surface area contributed by atoms with Crippen molar-refractivity contribution in [1.29, 1.82) is 0 Å². The van der Waals surface area contributed by atoms with Crippen molar-refractivity contribution in [1.82, 2.24) is 5.58 Å². The van der Waals surface area contributed by atoms with Crippen molar-refractivity contribution in [2.75, 3.05) is 22.9 Å². The van der Waals surface area contributed by atoms with Gasteiger partial charge in [-0.25, -0.2) is 0 Å². The molecular formula is C44H34N8Sn. The number of rotatable bonds is 4. The fraction of sp³-hybridized carbons (Fsp3) is 0. The summed E-state index contributed by atoms with van der Waals surface area (Å²) in [5.41, 5.74) is 42.0. The molecule has 6 bridgehead atoms. The van der Waals surface area contributed by atoms with Crippen LogP contribution < -0.4 is 33.6 Å². The standard InChI is InChI=1S/C44H32N8.Sn.2H/c45-29-9-1-25(2-10-29)41-33-17-19-35(49-33)42(26-3-11-30(46)12-4-26)37-21-23-39(51-37)44(28-7-15-32(48)16-8-28)40-24-22-38(52-40)43(36-20-18-34(41)50-36)27-5-13-31(47)14-6-27;;;/h1-24H,45-48H2;;;/q-2;+2;;. The number of nitrogens with zero attached hydrogens (tertiary/aromatic N) is 4. The van der Waals surface area contributed by atoms with Crippen LogP contribution >= 0.6 is 0 Å². The number of allylic oxidation sites excluding steroid dienone is 4. The van der Waals surface area contributed by atoms with Crippen LogP contribution in [0, 0.1) is 0 Å². The van der Waals surface area contributed by atoms with Crippen molar-refractivity contribution in [2.24, 2.45) is 9.98 Å². The molecule has 0 amide bonds. The number of hydrogen-bond acceptors (Lipinski definition) is 6. The number of hydrogen-bond donors (Lipinski definition) is 4. The molecule has 9 heteroatoms. The van der Waals surface area contributed by atoms with Gasteiger partial charge in [-0.3, -0.25) is 0 Å². The van der Waals surface area contributed by atoms with Crippen LogP contribution in [-0.4, -0.2) is 38.7 Å². The van der Waals surface area contributed by atoms with E-state index in [1.807, 2.05) is 48.5 Å². The van der Waals surface area contributed by atoms with Crippen molar-refractivity contribution >= 4 is 78.2 Å². The predicted octanol–water partition coefficient (Wildman–Crippen LogP) is 4.98. The van der Waals surface area contributed by atoms with Gasteiger partial charge in [-0.05, 0) is 0 Å². The molecular weight excluding hydrogens is 759 g/mol. The topological polar surface area (TPSA) is 139 Å². The number of fused-ring (bicyclic) bond motifs is 2. The van der Waals surface area contributed by atoms with Crippen LogP contribution in [0.4, 0.5) is 22.7 Å². The number of nitrogen functional groups attached to an aromatic ring is 4. The molecule has 0 atom stereocenters. The summed E-state index contributed by atoms with van der Waals surface area (Å²) in [7, 11) is 0. The van der Waals surface area contributed by atoms with Gasteiger partial charge in [0, 0.05) is 0 Å². The van der Waals surface area contributed by atoms with Crippen LogP contribution in [-0.2, 0) is 0 Å². The van der Waals surface area contributed by atoms with Crippen molar-refractivity contribution in [3.63, 3.8) is 0 Å². The molecule has 6 aromatic rings. The molecule has 0 aliphatic carbocycles. The van der Waals surface area contributed by atoms with Crippen molar-refractivity contribution in [3.05, 3.63) is 201 Å². The monoisotopic (exact) mass is 794 g/mol. The van der Waals surface area contributed by atoms with Gasteiger partial charge in [-0.1, -0.05) is 0 Å². The minimum atomic E-state index is -2.39. The van der Waals surface area contributed by atoms with Gasteiger partial charge in [0.1, 0.15) is 0 Å². The van der Waals surface area contributed by atoms with Gasteiger partial charge in [0.25, 0.3) is 0 Å². The molecule has 2 aromatic heterocycles. The van der Waals surface area contributed by atoms with Gasteiger partial charge in [-0.2, -0.15) is 0 Å². The maximum atomic E-state index is 6.23. The van der Waals surface area contributed by atoms with Gasteiger partial charge in [-0.15, -0.1) is 0 Å². The van der Waals surface area contributed by atoms with Crippen molar-refractivity contribution in [3.8, 4) is 0 Å². The van der Waals surface area contributed by atoms with Crippen LogP contribution in [0.25, 0.3) is 22.3 Å². The summed E-state index contributed by atoms with van der Waals surface area (Å²) in [6, 6.07) is 41.5. The average Bonchev–Trinajstić information content (AvgIpc) is 3.99. The van der Waals surface area contributed by atoms with Gasteiger partial charge >= 0.3 is 318 Å². The predicted molar refractivity (Wildman–Crippen MR) is 221 cm³/mol. The summed E-state index contributed by atoms with van der Waals surface area (Å²) < 4.78 is 5.21. The van der Waals surface area contributed by atoms with E-state index in [4.69, 9.17) is 32.9 Å². The fourth-order valence-corrected chi connectivity index (χ4v) is 13.4.